The van der Waals surface area contributed by atoms with Crippen molar-refractivity contribution in [1.29, 1.82) is 0 Å². The van der Waals surface area contributed by atoms with Crippen molar-refractivity contribution in [1.82, 2.24) is 19.5 Å². The van der Waals surface area contributed by atoms with Crippen LogP contribution in [0, 0.1) is 0 Å². The van der Waals surface area contributed by atoms with Crippen molar-refractivity contribution < 1.29 is 99.6 Å². The minimum atomic E-state index is -4.97. The summed E-state index contributed by atoms with van der Waals surface area (Å²) >= 11 is 4.07. The number of nitrogens with zero attached hydrogens (tertiary/aromatic N) is 3. The summed E-state index contributed by atoms with van der Waals surface area (Å²) in [4.78, 5) is 49.0. The molecule has 31 heavy (non-hydrogen) atoms. The average molecular weight is 480 g/mol. The molecule has 1 fully saturated rings. The topological polar surface area (TPSA) is 235 Å². The summed E-state index contributed by atoms with van der Waals surface area (Å²) < 4.78 is 26.7. The third-order valence-corrected chi connectivity index (χ3v) is 6.43. The van der Waals surface area contributed by atoms with Crippen LogP contribution >= 0.6 is 14.5 Å². The molecule has 0 aliphatic carbocycles. The zero-order valence-electron chi connectivity index (χ0n) is 16.6. The molecule has 5 atom stereocenters. The largest absolute Gasteiger partial charge is 1.00 e. The number of nitrogens with two attached hydrogens (primary N) is 1. The zero-order valence-corrected chi connectivity index (χ0v) is 19.2. The van der Waals surface area contributed by atoms with Gasteiger partial charge in [0, 0.05) is 0 Å². The van der Waals surface area contributed by atoms with Gasteiger partial charge in [-0.05, 0) is 11.8 Å². The first-order valence-electron chi connectivity index (χ1n) is 7.36. The van der Waals surface area contributed by atoms with E-state index in [-0.39, 0.29) is 73.7 Å². The summed E-state index contributed by atoms with van der Waals surface area (Å²) in [5, 5.41) is 20.3. The molecule has 3 heterocycles. The van der Waals surface area contributed by atoms with Crippen LogP contribution in [0.2, 0.25) is 0 Å². The van der Waals surface area contributed by atoms with Gasteiger partial charge in [0.05, 0.1) is 12.9 Å². The molecule has 1 saturated heterocycles. The van der Waals surface area contributed by atoms with Crippen molar-refractivity contribution in [3.8, 4) is 0 Å². The van der Waals surface area contributed by atoms with Crippen LogP contribution in [0.5, 0.6) is 0 Å². The molecule has 3 rings (SSSR count). The molecule has 1 unspecified atom stereocenters. The molecule has 0 spiro atoms. The van der Waals surface area contributed by atoms with Crippen LogP contribution in [0.3, 0.4) is 0 Å². The Bertz CT molecular complexity index is 1050. The molecule has 21 heteroatoms. The van der Waals surface area contributed by atoms with Crippen LogP contribution in [0.4, 0.5) is 5.95 Å². The molecular weight excluding hydrogens is 465 g/mol. The third kappa shape index (κ3) is 7.49. The molecule has 0 aromatic carbocycles. The number of fused-ring (bicyclic) bond motifs is 1. The van der Waals surface area contributed by atoms with Gasteiger partial charge in [-0.15, -0.1) is 0 Å². The van der Waals surface area contributed by atoms with Gasteiger partial charge in [-0.25, -0.2) is 13.9 Å². The number of phosphoric acid groups is 1. The molecule has 156 valence electrons. The number of hydrogen-bond acceptors (Lipinski definition) is 11. The first kappa shape index (κ1) is 31.5. The van der Waals surface area contributed by atoms with Gasteiger partial charge in [-0.2, -0.15) is 4.98 Å². The number of hydrogen-bond donors (Lipinski definition) is 7. The Kier molecular flexibility index (Phi) is 12.0. The van der Waals surface area contributed by atoms with Crippen molar-refractivity contribution in [2.45, 2.75) is 24.5 Å². The number of nitrogen functional groups attached to an aromatic ring is 1. The second-order valence-electron chi connectivity index (χ2n) is 5.66. The molecule has 1 aliphatic rings. The van der Waals surface area contributed by atoms with E-state index in [9.17, 15) is 24.5 Å². The average Bonchev–Trinajstić information content (AvgIpc) is 3.06. The maximum Gasteiger partial charge on any atom is 1.00 e. The molecular formula is C10H15Li3N5O10P2S+3. The number of H-pyrrole nitrogens is 1. The molecule has 2 aromatic heterocycles. The molecule has 8 N–H and O–H groups in total. The van der Waals surface area contributed by atoms with Crippen molar-refractivity contribution in [3.63, 3.8) is 0 Å². The molecule has 0 amide bonds. The molecule has 1 aliphatic heterocycles. The number of aromatic amines is 1. The first-order chi connectivity index (χ1) is 12.9. The number of nitrogens with one attached hydrogen (secondary N) is 1. The second-order valence-corrected chi connectivity index (χ2v) is 9.91. The predicted octanol–water partition coefficient (Wildman–Crippen LogP) is -11.3. The second kappa shape index (κ2) is 11.8. The van der Waals surface area contributed by atoms with Crippen LogP contribution in [0.1, 0.15) is 6.23 Å². The Morgan fingerprint density at radius 3 is 2.45 bits per heavy atom. The van der Waals surface area contributed by atoms with Crippen molar-refractivity contribution in [3.05, 3.63) is 16.7 Å². The van der Waals surface area contributed by atoms with Gasteiger partial charge in [-0.3, -0.25) is 18.9 Å². The summed E-state index contributed by atoms with van der Waals surface area (Å²) in [5.41, 5.74) is 4.73. The number of aliphatic hydroxyl groups is 2. The number of anilines is 1. The molecule has 0 bridgehead atoms. The van der Waals surface area contributed by atoms with Crippen molar-refractivity contribution in [2.75, 3.05) is 12.3 Å². The minimum Gasteiger partial charge on any atom is -0.387 e. The Hall–Kier alpha value is 0.502. The first-order valence-corrected chi connectivity index (χ1v) is 11.5. The standard InChI is InChI=1S/C10H15N5O10P2S.3Li/c11-10-13-7-4(8(18)14-10)12-2-15(7)9-6(17)5(16)3(24-9)1-23-26(19,20)25-27(21,22)28;;;/h2-3,5-6,9,16-17H,1H2,(H,19,20)(H2,21,22,28)(H3,11,13,14,18);;;/q;3*+1/t3-,5-,6-,9-;;;/m1.../s1. The van der Waals surface area contributed by atoms with Crippen molar-refractivity contribution in [2.24, 2.45) is 0 Å². The van der Waals surface area contributed by atoms with Gasteiger partial charge in [0.15, 0.2) is 17.4 Å². The summed E-state index contributed by atoms with van der Waals surface area (Å²) in [5.74, 6) is -0.214. The van der Waals surface area contributed by atoms with Gasteiger partial charge in [-0.1, -0.05) is 0 Å². The summed E-state index contributed by atoms with van der Waals surface area (Å²) in [6.45, 7) is -5.26. The Balaban J connectivity index is 0.00000300. The quantitative estimate of drug-likeness (QED) is 0.150. The molecule has 0 saturated carbocycles. The van der Waals surface area contributed by atoms with Crippen LogP contribution in [-0.2, 0) is 29.9 Å². The predicted molar refractivity (Wildman–Crippen MR) is 94.1 cm³/mol. The number of phosphoric ester groups is 1. The number of ether oxygens (including phenoxy) is 1. The Labute approximate surface area is 215 Å². The van der Waals surface area contributed by atoms with Crippen LogP contribution in [0.15, 0.2) is 11.1 Å². The maximum atomic E-state index is 11.8. The van der Waals surface area contributed by atoms with E-state index in [1.54, 1.807) is 0 Å². The van der Waals surface area contributed by atoms with Gasteiger partial charge in [0.1, 0.15) is 18.3 Å². The number of imidazole rings is 1. The van der Waals surface area contributed by atoms with E-state index in [1.807, 2.05) is 0 Å². The summed E-state index contributed by atoms with van der Waals surface area (Å²) in [6.07, 6.45) is -4.65. The fourth-order valence-electron chi connectivity index (χ4n) is 2.55. The molecule has 2 aromatic rings. The smallest absolute Gasteiger partial charge is 0.387 e. The maximum absolute atomic E-state index is 11.8. The summed E-state index contributed by atoms with van der Waals surface area (Å²) in [7, 11) is -4.97. The van der Waals surface area contributed by atoms with Gasteiger partial charge >= 0.3 is 71.1 Å². The van der Waals surface area contributed by atoms with E-state index < -0.39 is 51.2 Å². The zero-order chi connectivity index (χ0) is 20.9. The Morgan fingerprint density at radius 1 is 1.26 bits per heavy atom. The van der Waals surface area contributed by atoms with E-state index in [4.69, 9.17) is 20.3 Å². The van der Waals surface area contributed by atoms with Gasteiger partial charge in [0.2, 0.25) is 5.95 Å². The molecule has 15 nitrogen and oxygen atoms in total. The Morgan fingerprint density at radius 2 is 1.87 bits per heavy atom. The monoisotopic (exact) mass is 480 g/mol. The van der Waals surface area contributed by atoms with Gasteiger partial charge < -0.3 is 35.4 Å². The van der Waals surface area contributed by atoms with Crippen LogP contribution in [0.25, 0.3) is 11.2 Å². The minimum absolute atomic E-state index is 0. The van der Waals surface area contributed by atoms with Crippen LogP contribution in [-0.4, -0.2) is 69.3 Å². The van der Waals surface area contributed by atoms with Gasteiger partial charge in [0.25, 0.3) is 5.56 Å². The van der Waals surface area contributed by atoms with E-state index >= 15 is 0 Å². The number of rotatable bonds is 6. The van der Waals surface area contributed by atoms with Crippen molar-refractivity contribution >= 4 is 43.5 Å². The fraction of sp³-hybridized carbons (Fsp3) is 0.500. The van der Waals surface area contributed by atoms with E-state index in [1.165, 1.54) is 0 Å². The number of aromatic nitrogens is 4. The normalized spacial score (nSPS) is 25.2. The SMILES string of the molecule is Nc1nc2c(ncn2[C@@H]2O[C@H](COP(=O)(O)OP(O)(O)=S)[C@@H](O)[C@H]2O)c(=O)[nH]1.[Li+].[Li+].[Li+]. The fourth-order valence-corrected chi connectivity index (χ4v) is 4.91. The third-order valence-electron chi connectivity index (χ3n) is 3.67. The number of aliphatic hydroxyl groups excluding tert-OH is 2. The van der Waals surface area contributed by atoms with E-state index in [0.717, 1.165) is 10.9 Å². The molecule has 0 radical (unpaired) electrons. The van der Waals surface area contributed by atoms with Crippen LogP contribution < -0.4 is 67.9 Å². The van der Waals surface area contributed by atoms with E-state index in [0.29, 0.717) is 0 Å². The van der Waals surface area contributed by atoms with E-state index in [2.05, 4.69) is 35.6 Å². The summed E-state index contributed by atoms with van der Waals surface area (Å²) in [6, 6.07) is 0.